The fourth-order valence-corrected chi connectivity index (χ4v) is 4.79. The molecule has 19 heavy (non-hydrogen) atoms. The topological polar surface area (TPSA) is 26.0 Å². The lowest BCUT2D eigenvalue weighted by atomic mass is 9.46. The second-order valence-corrected chi connectivity index (χ2v) is 7.28. The minimum absolute atomic E-state index is 0.286. The van der Waals surface area contributed by atoms with Crippen LogP contribution >= 0.6 is 0 Å². The Morgan fingerprint density at radius 3 is 2.05 bits per heavy atom. The van der Waals surface area contributed by atoms with E-state index in [9.17, 15) is 0 Å². The molecule has 0 heterocycles. The molecular weight excluding hydrogens is 230 g/mol. The van der Waals surface area contributed by atoms with Gasteiger partial charge in [-0.2, -0.15) is 0 Å². The third-order valence-electron chi connectivity index (χ3n) is 5.57. The van der Waals surface area contributed by atoms with Gasteiger partial charge in [0.15, 0.2) is 0 Å². The van der Waals surface area contributed by atoms with Crippen molar-refractivity contribution in [1.82, 2.24) is 0 Å². The van der Waals surface area contributed by atoms with Crippen LogP contribution in [0, 0.1) is 19.3 Å². The van der Waals surface area contributed by atoms with E-state index >= 15 is 0 Å². The Balaban J connectivity index is 1.85. The summed E-state index contributed by atoms with van der Waals surface area (Å²) in [5.74, 6) is 0. The first-order valence-corrected chi connectivity index (χ1v) is 7.87. The van der Waals surface area contributed by atoms with E-state index in [-0.39, 0.29) is 5.41 Å². The predicted octanol–water partition coefficient (Wildman–Crippen LogP) is 4.24. The van der Waals surface area contributed by atoms with Gasteiger partial charge in [0.1, 0.15) is 0 Å². The molecule has 3 rings (SSSR count). The van der Waals surface area contributed by atoms with Crippen molar-refractivity contribution in [2.24, 2.45) is 11.1 Å². The highest BCUT2D eigenvalue weighted by molar-refractivity contribution is 5.37. The summed E-state index contributed by atoms with van der Waals surface area (Å²) in [7, 11) is 0. The van der Waals surface area contributed by atoms with E-state index in [4.69, 9.17) is 5.73 Å². The fraction of sp³-hybridized carbons (Fsp3) is 0.667. The zero-order valence-corrected chi connectivity index (χ0v) is 12.5. The van der Waals surface area contributed by atoms with Gasteiger partial charge >= 0.3 is 0 Å². The van der Waals surface area contributed by atoms with E-state index in [1.54, 1.807) is 0 Å². The molecule has 0 aromatic heterocycles. The van der Waals surface area contributed by atoms with Crippen molar-refractivity contribution >= 4 is 0 Å². The highest BCUT2D eigenvalue weighted by Gasteiger charge is 2.54. The molecule has 2 fully saturated rings. The van der Waals surface area contributed by atoms with Crippen LogP contribution in [0.1, 0.15) is 61.6 Å². The second kappa shape index (κ2) is 4.63. The largest absolute Gasteiger partial charge is 0.330 e. The van der Waals surface area contributed by atoms with Gasteiger partial charge in [0, 0.05) is 12.0 Å². The Hall–Kier alpha value is -0.820. The Morgan fingerprint density at radius 1 is 0.947 bits per heavy atom. The SMILES string of the molecule is Cc1cc(C)cc(C2(CN)CC3(CCCCC3)C2)c1. The van der Waals surface area contributed by atoms with Crippen LogP contribution in [0.5, 0.6) is 0 Å². The summed E-state index contributed by atoms with van der Waals surface area (Å²) < 4.78 is 0. The summed E-state index contributed by atoms with van der Waals surface area (Å²) in [6.45, 7) is 5.23. The molecule has 2 aliphatic rings. The van der Waals surface area contributed by atoms with Crippen molar-refractivity contribution in [3.63, 3.8) is 0 Å². The van der Waals surface area contributed by atoms with Crippen LogP contribution in [-0.4, -0.2) is 6.54 Å². The summed E-state index contributed by atoms with van der Waals surface area (Å²) in [5.41, 5.74) is 11.4. The maximum Gasteiger partial charge on any atom is 0.00863 e. The van der Waals surface area contributed by atoms with Crippen molar-refractivity contribution in [3.8, 4) is 0 Å². The Bertz CT molecular complexity index is 440. The maximum absolute atomic E-state index is 6.19. The second-order valence-electron chi connectivity index (χ2n) is 7.28. The van der Waals surface area contributed by atoms with Crippen LogP contribution in [0.3, 0.4) is 0 Å². The fourth-order valence-electron chi connectivity index (χ4n) is 4.79. The molecule has 104 valence electrons. The highest BCUT2D eigenvalue weighted by Crippen LogP contribution is 2.61. The van der Waals surface area contributed by atoms with Gasteiger partial charge in [-0.15, -0.1) is 0 Å². The molecule has 2 saturated carbocycles. The highest BCUT2D eigenvalue weighted by atomic mass is 14.7. The molecule has 1 heteroatoms. The quantitative estimate of drug-likeness (QED) is 0.842. The summed E-state index contributed by atoms with van der Waals surface area (Å²) in [4.78, 5) is 0. The molecule has 0 amide bonds. The van der Waals surface area contributed by atoms with E-state index in [1.165, 1.54) is 61.6 Å². The minimum atomic E-state index is 0.286. The monoisotopic (exact) mass is 257 g/mol. The first-order chi connectivity index (χ1) is 9.07. The molecule has 2 aliphatic carbocycles. The van der Waals surface area contributed by atoms with E-state index in [0.29, 0.717) is 5.41 Å². The first kappa shape index (κ1) is 13.2. The molecule has 0 saturated heterocycles. The molecule has 2 N–H and O–H groups in total. The lowest BCUT2D eigenvalue weighted by Gasteiger charge is -2.58. The van der Waals surface area contributed by atoms with Crippen molar-refractivity contribution < 1.29 is 0 Å². The van der Waals surface area contributed by atoms with Crippen LogP contribution in [0.4, 0.5) is 0 Å². The van der Waals surface area contributed by atoms with Gasteiger partial charge in [-0.3, -0.25) is 0 Å². The van der Waals surface area contributed by atoms with E-state index in [0.717, 1.165) is 6.54 Å². The smallest absolute Gasteiger partial charge is 0.00863 e. The van der Waals surface area contributed by atoms with Crippen LogP contribution in [0.2, 0.25) is 0 Å². The molecule has 1 aromatic rings. The third-order valence-corrected chi connectivity index (χ3v) is 5.57. The summed E-state index contributed by atoms with van der Waals surface area (Å²) in [6, 6.07) is 7.01. The van der Waals surface area contributed by atoms with Crippen molar-refractivity contribution in [3.05, 3.63) is 34.9 Å². The molecule has 0 bridgehead atoms. The number of hydrogen-bond acceptors (Lipinski definition) is 1. The molecule has 0 atom stereocenters. The van der Waals surface area contributed by atoms with Gasteiger partial charge < -0.3 is 5.73 Å². The lowest BCUT2D eigenvalue weighted by molar-refractivity contribution is -0.00839. The number of benzene rings is 1. The maximum atomic E-state index is 6.19. The van der Waals surface area contributed by atoms with Crippen LogP contribution < -0.4 is 5.73 Å². The summed E-state index contributed by atoms with van der Waals surface area (Å²) >= 11 is 0. The van der Waals surface area contributed by atoms with E-state index in [1.807, 2.05) is 0 Å². The van der Waals surface area contributed by atoms with Crippen molar-refractivity contribution in [1.29, 1.82) is 0 Å². The average Bonchev–Trinajstić information content (AvgIpc) is 2.35. The molecule has 0 aliphatic heterocycles. The van der Waals surface area contributed by atoms with Crippen molar-refractivity contribution in [2.75, 3.05) is 6.54 Å². The molecule has 1 aromatic carbocycles. The van der Waals surface area contributed by atoms with E-state index in [2.05, 4.69) is 32.0 Å². The normalized spacial score (nSPS) is 24.2. The van der Waals surface area contributed by atoms with Gasteiger partial charge in [-0.25, -0.2) is 0 Å². The van der Waals surface area contributed by atoms with Gasteiger partial charge in [-0.05, 0) is 50.5 Å². The molecule has 1 spiro atoms. The predicted molar refractivity (Wildman–Crippen MR) is 81.4 cm³/mol. The Labute approximate surface area is 117 Å². The van der Waals surface area contributed by atoms with Gasteiger partial charge in [0.25, 0.3) is 0 Å². The summed E-state index contributed by atoms with van der Waals surface area (Å²) in [5, 5.41) is 0. The van der Waals surface area contributed by atoms with Gasteiger partial charge in [0.2, 0.25) is 0 Å². The molecular formula is C18H27N. The number of aryl methyl sites for hydroxylation is 2. The molecule has 0 unspecified atom stereocenters. The number of hydrogen-bond donors (Lipinski definition) is 1. The summed E-state index contributed by atoms with van der Waals surface area (Å²) in [6.07, 6.45) is 9.87. The van der Waals surface area contributed by atoms with Gasteiger partial charge in [-0.1, -0.05) is 48.6 Å². The van der Waals surface area contributed by atoms with Crippen LogP contribution in [0.25, 0.3) is 0 Å². The third kappa shape index (κ3) is 2.23. The zero-order chi connectivity index (χ0) is 13.5. The van der Waals surface area contributed by atoms with Crippen LogP contribution in [-0.2, 0) is 5.41 Å². The minimum Gasteiger partial charge on any atom is -0.330 e. The zero-order valence-electron chi connectivity index (χ0n) is 12.5. The average molecular weight is 257 g/mol. The van der Waals surface area contributed by atoms with Gasteiger partial charge in [0.05, 0.1) is 0 Å². The van der Waals surface area contributed by atoms with Crippen LogP contribution in [0.15, 0.2) is 18.2 Å². The molecule has 0 radical (unpaired) electrons. The number of rotatable bonds is 2. The van der Waals surface area contributed by atoms with Crippen molar-refractivity contribution in [2.45, 2.75) is 64.2 Å². The lowest BCUT2D eigenvalue weighted by Crippen LogP contribution is -2.54. The Morgan fingerprint density at radius 2 is 1.53 bits per heavy atom. The standard InChI is InChI=1S/C18H27N/c1-14-8-15(2)10-16(9-14)18(13-19)11-17(12-18)6-4-3-5-7-17/h8-10H,3-7,11-13,19H2,1-2H3. The Kier molecular flexibility index (Phi) is 3.21. The van der Waals surface area contributed by atoms with E-state index < -0.39 is 0 Å². The first-order valence-electron chi connectivity index (χ1n) is 7.87. The molecule has 1 nitrogen and oxygen atoms in total. The number of nitrogens with two attached hydrogens (primary N) is 1.